The van der Waals surface area contributed by atoms with Crippen LogP contribution in [0.3, 0.4) is 0 Å². The van der Waals surface area contributed by atoms with Crippen molar-refractivity contribution in [2.45, 2.75) is 39.5 Å². The minimum atomic E-state index is 0.540. The monoisotopic (exact) mass is 317 g/mol. The SMILES string of the molecule is CCNCc1sc(N(C)C(CC)CSC)nc1COC. The second-order valence-corrected chi connectivity index (χ2v) is 6.68. The standard InChI is InChI=1S/C14H27N3OS2/c1-6-11(10-19-5)17(3)14-16-12(9-18-4)13(20-14)8-15-7-2/h11,15H,6-10H2,1-5H3. The number of rotatable bonds is 10. The molecule has 1 aromatic rings. The van der Waals surface area contributed by atoms with Gasteiger partial charge in [0, 0.05) is 37.4 Å². The molecule has 0 saturated heterocycles. The van der Waals surface area contributed by atoms with Crippen molar-refractivity contribution in [2.24, 2.45) is 0 Å². The molecule has 0 aliphatic rings. The summed E-state index contributed by atoms with van der Waals surface area (Å²) >= 11 is 3.67. The van der Waals surface area contributed by atoms with Crippen molar-refractivity contribution >= 4 is 28.2 Å². The van der Waals surface area contributed by atoms with Gasteiger partial charge in [-0.25, -0.2) is 4.98 Å². The lowest BCUT2D eigenvalue weighted by atomic mass is 10.2. The van der Waals surface area contributed by atoms with Gasteiger partial charge < -0.3 is 15.0 Å². The van der Waals surface area contributed by atoms with Crippen LogP contribution in [0.5, 0.6) is 0 Å². The molecule has 0 aliphatic carbocycles. The van der Waals surface area contributed by atoms with E-state index in [9.17, 15) is 0 Å². The molecule has 0 fully saturated rings. The molecular formula is C14H27N3OS2. The molecule has 1 atom stereocenters. The van der Waals surface area contributed by atoms with E-state index < -0.39 is 0 Å². The third kappa shape index (κ3) is 4.91. The Hall–Kier alpha value is -0.300. The summed E-state index contributed by atoms with van der Waals surface area (Å²) in [5, 5.41) is 4.48. The number of aromatic nitrogens is 1. The Morgan fingerprint density at radius 2 is 2.20 bits per heavy atom. The summed E-state index contributed by atoms with van der Waals surface area (Å²) in [6.45, 7) is 6.79. The molecule has 116 valence electrons. The minimum absolute atomic E-state index is 0.540. The van der Waals surface area contributed by atoms with E-state index in [0.29, 0.717) is 12.6 Å². The summed E-state index contributed by atoms with van der Waals surface area (Å²) < 4.78 is 5.27. The maximum Gasteiger partial charge on any atom is 0.185 e. The van der Waals surface area contributed by atoms with Crippen LogP contribution in [0.15, 0.2) is 0 Å². The Morgan fingerprint density at radius 1 is 1.45 bits per heavy atom. The summed E-state index contributed by atoms with van der Waals surface area (Å²) in [6, 6.07) is 0.540. The van der Waals surface area contributed by atoms with Crippen molar-refractivity contribution in [1.29, 1.82) is 0 Å². The Labute approximate surface area is 131 Å². The van der Waals surface area contributed by atoms with Gasteiger partial charge in [-0.05, 0) is 19.2 Å². The van der Waals surface area contributed by atoms with E-state index in [4.69, 9.17) is 9.72 Å². The van der Waals surface area contributed by atoms with Crippen molar-refractivity contribution in [3.63, 3.8) is 0 Å². The number of hydrogen-bond acceptors (Lipinski definition) is 6. The summed E-state index contributed by atoms with van der Waals surface area (Å²) in [5.74, 6) is 1.13. The first-order valence-corrected chi connectivity index (χ1v) is 9.28. The smallest absolute Gasteiger partial charge is 0.185 e. The first-order chi connectivity index (χ1) is 9.67. The zero-order valence-corrected chi connectivity index (χ0v) is 14.9. The normalized spacial score (nSPS) is 12.7. The molecule has 0 aromatic carbocycles. The van der Waals surface area contributed by atoms with Crippen LogP contribution in [0, 0.1) is 0 Å². The molecule has 0 bridgehead atoms. The molecule has 1 N–H and O–H groups in total. The number of thioether (sulfide) groups is 1. The topological polar surface area (TPSA) is 37.4 Å². The van der Waals surface area contributed by atoms with Gasteiger partial charge in [-0.3, -0.25) is 0 Å². The Morgan fingerprint density at radius 3 is 2.75 bits per heavy atom. The second-order valence-electron chi connectivity index (χ2n) is 4.71. The van der Waals surface area contributed by atoms with Gasteiger partial charge in [0.1, 0.15) is 0 Å². The van der Waals surface area contributed by atoms with Crippen molar-refractivity contribution in [2.75, 3.05) is 37.6 Å². The van der Waals surface area contributed by atoms with Crippen molar-refractivity contribution in [3.05, 3.63) is 10.6 Å². The highest BCUT2D eigenvalue weighted by molar-refractivity contribution is 7.98. The van der Waals surface area contributed by atoms with Crippen LogP contribution in [0.4, 0.5) is 5.13 Å². The van der Waals surface area contributed by atoms with Gasteiger partial charge in [-0.1, -0.05) is 13.8 Å². The summed E-state index contributed by atoms with van der Waals surface area (Å²) in [7, 11) is 3.87. The van der Waals surface area contributed by atoms with Gasteiger partial charge >= 0.3 is 0 Å². The summed E-state index contributed by atoms with van der Waals surface area (Å²) in [5.41, 5.74) is 1.07. The molecule has 4 nitrogen and oxygen atoms in total. The second kappa shape index (κ2) is 9.60. The van der Waals surface area contributed by atoms with Crippen LogP contribution in [0.2, 0.25) is 0 Å². The van der Waals surface area contributed by atoms with Crippen molar-refractivity contribution in [1.82, 2.24) is 10.3 Å². The lowest BCUT2D eigenvalue weighted by molar-refractivity contribution is 0.181. The molecule has 0 aliphatic heterocycles. The van der Waals surface area contributed by atoms with Crippen LogP contribution >= 0.6 is 23.1 Å². The Bertz CT molecular complexity index is 384. The van der Waals surface area contributed by atoms with Gasteiger partial charge in [0.2, 0.25) is 0 Å². The van der Waals surface area contributed by atoms with Gasteiger partial charge in [-0.2, -0.15) is 11.8 Å². The predicted molar refractivity (Wildman–Crippen MR) is 91.1 cm³/mol. The maximum absolute atomic E-state index is 5.27. The van der Waals surface area contributed by atoms with E-state index in [1.165, 1.54) is 4.88 Å². The third-order valence-corrected chi connectivity index (χ3v) is 5.17. The fraction of sp³-hybridized carbons (Fsp3) is 0.786. The zero-order valence-electron chi connectivity index (χ0n) is 13.2. The van der Waals surface area contributed by atoms with Gasteiger partial charge in [0.15, 0.2) is 5.13 Å². The third-order valence-electron chi connectivity index (χ3n) is 3.26. The molecule has 0 radical (unpaired) electrons. The quantitative estimate of drug-likeness (QED) is 0.718. The molecule has 1 heterocycles. The molecule has 0 amide bonds. The molecule has 0 spiro atoms. The molecule has 1 unspecified atom stereocenters. The van der Waals surface area contributed by atoms with Crippen LogP contribution in [-0.4, -0.2) is 43.7 Å². The molecular weight excluding hydrogens is 290 g/mol. The number of methoxy groups -OCH3 is 1. The van der Waals surface area contributed by atoms with Gasteiger partial charge in [0.05, 0.1) is 12.3 Å². The molecule has 1 rings (SSSR count). The first-order valence-electron chi connectivity index (χ1n) is 7.07. The van der Waals surface area contributed by atoms with Crippen LogP contribution < -0.4 is 10.2 Å². The number of hydrogen-bond donors (Lipinski definition) is 1. The molecule has 0 saturated carbocycles. The Kier molecular flexibility index (Phi) is 8.52. The van der Waals surface area contributed by atoms with E-state index in [1.807, 2.05) is 11.8 Å². The van der Waals surface area contributed by atoms with Crippen molar-refractivity contribution in [3.8, 4) is 0 Å². The molecule has 20 heavy (non-hydrogen) atoms. The molecule has 6 heteroatoms. The van der Waals surface area contributed by atoms with E-state index in [1.54, 1.807) is 18.4 Å². The number of nitrogens with one attached hydrogen (secondary N) is 1. The van der Waals surface area contributed by atoms with E-state index in [2.05, 4.69) is 37.4 Å². The highest BCUT2D eigenvalue weighted by atomic mass is 32.2. The predicted octanol–water partition coefficient (Wildman–Crippen LogP) is 2.98. The number of nitrogens with zero attached hydrogens (tertiary/aromatic N) is 2. The lowest BCUT2D eigenvalue weighted by Gasteiger charge is -2.26. The fourth-order valence-corrected chi connectivity index (χ4v) is 3.91. The van der Waals surface area contributed by atoms with Crippen LogP contribution in [-0.2, 0) is 17.9 Å². The van der Waals surface area contributed by atoms with Crippen LogP contribution in [0.1, 0.15) is 30.8 Å². The van der Waals surface area contributed by atoms with Gasteiger partial charge in [-0.15, -0.1) is 11.3 Å². The number of anilines is 1. The largest absolute Gasteiger partial charge is 0.378 e. The number of thiazole rings is 1. The maximum atomic E-state index is 5.27. The highest BCUT2D eigenvalue weighted by Crippen LogP contribution is 2.28. The average Bonchev–Trinajstić information content (AvgIpc) is 2.85. The van der Waals surface area contributed by atoms with Crippen LogP contribution in [0.25, 0.3) is 0 Å². The van der Waals surface area contributed by atoms with Gasteiger partial charge in [0.25, 0.3) is 0 Å². The summed E-state index contributed by atoms with van der Waals surface area (Å²) in [4.78, 5) is 8.38. The lowest BCUT2D eigenvalue weighted by Crippen LogP contribution is -2.33. The van der Waals surface area contributed by atoms with E-state index in [-0.39, 0.29) is 0 Å². The summed E-state index contributed by atoms with van der Waals surface area (Å²) in [6.07, 6.45) is 3.30. The fourth-order valence-electron chi connectivity index (χ4n) is 2.00. The Balaban J connectivity index is 2.87. The van der Waals surface area contributed by atoms with E-state index in [0.717, 1.165) is 36.1 Å². The van der Waals surface area contributed by atoms with E-state index >= 15 is 0 Å². The minimum Gasteiger partial charge on any atom is -0.378 e. The zero-order chi connectivity index (χ0) is 15.0. The first kappa shape index (κ1) is 17.8. The number of ether oxygens (including phenoxy) is 1. The molecule has 1 aromatic heterocycles. The highest BCUT2D eigenvalue weighted by Gasteiger charge is 2.18. The average molecular weight is 318 g/mol. The van der Waals surface area contributed by atoms with Crippen molar-refractivity contribution < 1.29 is 4.74 Å².